The van der Waals surface area contributed by atoms with E-state index in [4.69, 9.17) is 0 Å². The van der Waals surface area contributed by atoms with Crippen LogP contribution in [0.1, 0.15) is 24.1 Å². The number of hydrogen-bond acceptors (Lipinski definition) is 3. The lowest BCUT2D eigenvalue weighted by atomic mass is 9.97. The fraction of sp³-hybridized carbons (Fsp3) is 0.240. The number of anilines is 1. The third-order valence-electron chi connectivity index (χ3n) is 4.94. The molecule has 150 valence electrons. The van der Waals surface area contributed by atoms with Crippen molar-refractivity contribution in [2.24, 2.45) is 0 Å². The smallest absolute Gasteiger partial charge is 0.242 e. The molecule has 1 unspecified atom stereocenters. The molecule has 1 atom stereocenters. The van der Waals surface area contributed by atoms with Crippen LogP contribution in [0.5, 0.6) is 0 Å². The minimum absolute atomic E-state index is 0.00721. The molecule has 3 aromatic rings. The summed E-state index contributed by atoms with van der Waals surface area (Å²) in [6.45, 7) is 2.33. The van der Waals surface area contributed by atoms with Gasteiger partial charge in [-0.3, -0.25) is 4.79 Å². The van der Waals surface area contributed by atoms with Crippen LogP contribution in [0, 0.1) is 0 Å². The normalized spacial score (nSPS) is 11.9. The Morgan fingerprint density at radius 3 is 1.72 bits per heavy atom. The first-order chi connectivity index (χ1) is 14.1. The predicted octanol–water partition coefficient (Wildman–Crippen LogP) is 4.12. The number of carbonyl (C=O) groups excluding carboxylic acids is 1. The molecule has 29 heavy (non-hydrogen) atoms. The molecule has 0 saturated heterocycles. The van der Waals surface area contributed by atoms with Crippen LogP contribution in [0.4, 0.5) is 5.69 Å². The summed E-state index contributed by atoms with van der Waals surface area (Å²) in [5, 5.41) is 9.93. The summed E-state index contributed by atoms with van der Waals surface area (Å²) in [6, 6.07) is 29.7. The van der Waals surface area contributed by atoms with E-state index in [-0.39, 0.29) is 18.5 Å². The second kappa shape index (κ2) is 9.89. The Hall–Kier alpha value is -3.11. The Labute approximate surface area is 173 Å². The van der Waals surface area contributed by atoms with Gasteiger partial charge in [0.2, 0.25) is 5.91 Å². The summed E-state index contributed by atoms with van der Waals surface area (Å²) in [4.78, 5) is 17.0. The van der Waals surface area contributed by atoms with Crippen molar-refractivity contribution in [3.63, 3.8) is 0 Å². The maximum absolute atomic E-state index is 13.3. The van der Waals surface area contributed by atoms with Gasteiger partial charge >= 0.3 is 0 Å². The van der Waals surface area contributed by atoms with Crippen molar-refractivity contribution in [2.75, 3.05) is 25.0 Å². The van der Waals surface area contributed by atoms with E-state index in [9.17, 15) is 9.90 Å². The third kappa shape index (κ3) is 5.46. The van der Waals surface area contributed by atoms with Gasteiger partial charge in [0.05, 0.1) is 18.7 Å². The quantitative estimate of drug-likeness (QED) is 0.631. The van der Waals surface area contributed by atoms with E-state index in [1.807, 2.05) is 103 Å². The minimum Gasteiger partial charge on any atom is -0.392 e. The van der Waals surface area contributed by atoms with Gasteiger partial charge in [-0.1, -0.05) is 78.9 Å². The molecule has 0 bridgehead atoms. The molecule has 4 heteroatoms. The van der Waals surface area contributed by atoms with Crippen molar-refractivity contribution in [1.29, 1.82) is 0 Å². The highest BCUT2D eigenvalue weighted by Gasteiger charge is 2.25. The molecule has 4 nitrogen and oxygen atoms in total. The number of amides is 1. The maximum Gasteiger partial charge on any atom is 0.242 e. The number of hydrogen-bond donors (Lipinski definition) is 1. The van der Waals surface area contributed by atoms with Crippen molar-refractivity contribution in [3.8, 4) is 0 Å². The molecule has 3 rings (SSSR count). The van der Waals surface area contributed by atoms with Gasteiger partial charge in [0.25, 0.3) is 0 Å². The lowest BCUT2D eigenvalue weighted by Gasteiger charge is -2.33. The van der Waals surface area contributed by atoms with Crippen LogP contribution in [0.3, 0.4) is 0 Å². The van der Waals surface area contributed by atoms with Crippen molar-refractivity contribution in [2.45, 2.75) is 19.1 Å². The molecular weight excluding hydrogens is 360 g/mol. The number of benzene rings is 3. The molecule has 1 N–H and O–H groups in total. The topological polar surface area (TPSA) is 43.8 Å². The monoisotopic (exact) mass is 388 g/mol. The average molecular weight is 389 g/mol. The molecule has 0 radical (unpaired) electrons. The minimum atomic E-state index is -0.535. The van der Waals surface area contributed by atoms with Gasteiger partial charge in [-0.05, 0) is 30.2 Å². The van der Waals surface area contributed by atoms with E-state index in [1.165, 1.54) is 0 Å². The Morgan fingerprint density at radius 1 is 0.828 bits per heavy atom. The average Bonchev–Trinajstić information content (AvgIpc) is 2.75. The van der Waals surface area contributed by atoms with Crippen LogP contribution in [-0.4, -0.2) is 42.2 Å². The Bertz CT molecular complexity index is 843. The first-order valence-electron chi connectivity index (χ1n) is 9.90. The third-order valence-corrected chi connectivity index (χ3v) is 4.94. The molecule has 0 spiro atoms. The number of rotatable bonds is 8. The molecule has 0 aromatic heterocycles. The fourth-order valence-corrected chi connectivity index (χ4v) is 3.55. The van der Waals surface area contributed by atoms with Crippen LogP contribution in [0.25, 0.3) is 0 Å². The zero-order valence-electron chi connectivity index (χ0n) is 17.0. The number of aliphatic hydroxyl groups excluding tert-OH is 1. The molecule has 0 aliphatic heterocycles. The highest BCUT2D eigenvalue weighted by molar-refractivity contribution is 5.82. The summed E-state index contributed by atoms with van der Waals surface area (Å²) in [7, 11) is 1.85. The zero-order valence-corrected chi connectivity index (χ0v) is 17.0. The lowest BCUT2D eigenvalue weighted by molar-refractivity contribution is -0.130. The molecule has 0 saturated carbocycles. The molecule has 0 aliphatic rings. The molecule has 1 amide bonds. The van der Waals surface area contributed by atoms with E-state index >= 15 is 0 Å². The van der Waals surface area contributed by atoms with Crippen LogP contribution < -0.4 is 4.90 Å². The fourth-order valence-electron chi connectivity index (χ4n) is 3.55. The first-order valence-corrected chi connectivity index (χ1v) is 9.90. The van der Waals surface area contributed by atoms with E-state index in [0.717, 1.165) is 16.8 Å². The Kier molecular flexibility index (Phi) is 7.04. The summed E-state index contributed by atoms with van der Waals surface area (Å²) < 4.78 is 0. The van der Waals surface area contributed by atoms with Crippen LogP contribution >= 0.6 is 0 Å². The summed E-state index contributed by atoms with van der Waals surface area (Å²) in [5.41, 5.74) is 3.05. The van der Waals surface area contributed by atoms with Crippen LogP contribution in [0.2, 0.25) is 0 Å². The van der Waals surface area contributed by atoms with Crippen LogP contribution in [-0.2, 0) is 4.79 Å². The first kappa shape index (κ1) is 20.6. The Balaban J connectivity index is 1.86. The van der Waals surface area contributed by atoms with E-state index in [2.05, 4.69) is 0 Å². The van der Waals surface area contributed by atoms with E-state index in [0.29, 0.717) is 6.54 Å². The number of likely N-dealkylation sites (N-methyl/N-ethyl adjacent to an activating group) is 1. The SMILES string of the molecule is CC(O)CN(CC(=O)N(C)C(c1ccccc1)c1ccccc1)c1ccccc1. The van der Waals surface area contributed by atoms with Crippen molar-refractivity contribution >= 4 is 11.6 Å². The number of para-hydroxylation sites is 1. The van der Waals surface area contributed by atoms with Gasteiger partial charge in [-0.15, -0.1) is 0 Å². The Morgan fingerprint density at radius 2 is 1.28 bits per heavy atom. The lowest BCUT2D eigenvalue weighted by Crippen LogP contribution is -2.42. The van der Waals surface area contributed by atoms with Crippen molar-refractivity contribution in [1.82, 2.24) is 4.90 Å². The second-order valence-electron chi connectivity index (χ2n) is 7.29. The summed E-state index contributed by atoms with van der Waals surface area (Å²) in [5.74, 6) is -0.00721. The molecule has 0 heterocycles. The van der Waals surface area contributed by atoms with Gasteiger partial charge in [0.15, 0.2) is 0 Å². The van der Waals surface area contributed by atoms with Crippen molar-refractivity contribution in [3.05, 3.63) is 102 Å². The van der Waals surface area contributed by atoms with Gasteiger partial charge in [0.1, 0.15) is 0 Å². The number of aliphatic hydroxyl groups is 1. The second-order valence-corrected chi connectivity index (χ2v) is 7.29. The number of carbonyl (C=O) groups is 1. The highest BCUT2D eigenvalue weighted by Crippen LogP contribution is 2.28. The molecule has 0 fully saturated rings. The number of nitrogens with zero attached hydrogens (tertiary/aromatic N) is 2. The van der Waals surface area contributed by atoms with E-state index in [1.54, 1.807) is 11.8 Å². The zero-order chi connectivity index (χ0) is 20.6. The molecule has 3 aromatic carbocycles. The largest absolute Gasteiger partial charge is 0.392 e. The standard InChI is InChI=1S/C25H28N2O2/c1-20(28)18-27(23-16-10-5-11-17-23)19-24(29)26(2)25(21-12-6-3-7-13-21)22-14-8-4-9-15-22/h3-17,20,25,28H,18-19H2,1-2H3. The molecular formula is C25H28N2O2. The summed E-state index contributed by atoms with van der Waals surface area (Å²) in [6.07, 6.45) is -0.535. The predicted molar refractivity (Wildman–Crippen MR) is 118 cm³/mol. The highest BCUT2D eigenvalue weighted by atomic mass is 16.3. The van der Waals surface area contributed by atoms with Crippen molar-refractivity contribution < 1.29 is 9.90 Å². The maximum atomic E-state index is 13.3. The van der Waals surface area contributed by atoms with Crippen LogP contribution in [0.15, 0.2) is 91.0 Å². The van der Waals surface area contributed by atoms with Gasteiger partial charge in [-0.2, -0.15) is 0 Å². The molecule has 0 aliphatic carbocycles. The van der Waals surface area contributed by atoms with E-state index < -0.39 is 6.10 Å². The van der Waals surface area contributed by atoms with Gasteiger partial charge < -0.3 is 14.9 Å². The van der Waals surface area contributed by atoms with Gasteiger partial charge in [0, 0.05) is 19.3 Å². The summed E-state index contributed by atoms with van der Waals surface area (Å²) >= 11 is 0. The van der Waals surface area contributed by atoms with Gasteiger partial charge in [-0.25, -0.2) is 0 Å².